The van der Waals surface area contributed by atoms with E-state index < -0.39 is 0 Å². The van der Waals surface area contributed by atoms with Gasteiger partial charge in [-0.05, 0) is 32.9 Å². The molecule has 72 valence electrons. The number of hydrogen-bond acceptors (Lipinski definition) is 2. The van der Waals surface area contributed by atoms with Crippen LogP contribution in [0.15, 0.2) is 21.9 Å². The van der Waals surface area contributed by atoms with Crippen LogP contribution in [0.2, 0.25) is 0 Å². The van der Waals surface area contributed by atoms with E-state index in [1.54, 1.807) is 0 Å². The summed E-state index contributed by atoms with van der Waals surface area (Å²) in [7, 11) is 0. The Balaban J connectivity index is 2.58. The van der Waals surface area contributed by atoms with E-state index in [9.17, 15) is 0 Å². The lowest BCUT2D eigenvalue weighted by Crippen LogP contribution is -2.12. The molecule has 0 unspecified atom stereocenters. The van der Waals surface area contributed by atoms with Gasteiger partial charge >= 0.3 is 0 Å². The first-order valence-electron chi connectivity index (χ1n) is 4.98. The molecule has 1 fully saturated rings. The molecule has 0 atom stereocenters. The number of hydrogen-bond donors (Lipinski definition) is 0. The van der Waals surface area contributed by atoms with E-state index in [1.807, 2.05) is 13.1 Å². The highest BCUT2D eigenvalue weighted by Crippen LogP contribution is 2.33. The molecule has 0 aromatic heterocycles. The van der Waals surface area contributed by atoms with Crippen LogP contribution in [0.5, 0.6) is 0 Å². The lowest BCUT2D eigenvalue weighted by atomic mass is 9.83. The van der Waals surface area contributed by atoms with Crippen molar-refractivity contribution in [2.45, 2.75) is 39.5 Å². The predicted octanol–water partition coefficient (Wildman–Crippen LogP) is 3.20. The van der Waals surface area contributed by atoms with Crippen molar-refractivity contribution in [2.75, 3.05) is 0 Å². The molecule has 1 aliphatic carbocycles. The minimum Gasteiger partial charge on any atom is -0.267 e. The molecule has 2 nitrogen and oxygen atoms in total. The first-order chi connectivity index (χ1) is 6.27. The zero-order valence-corrected chi connectivity index (χ0v) is 8.58. The van der Waals surface area contributed by atoms with Crippen LogP contribution in [0, 0.1) is 5.92 Å². The van der Waals surface area contributed by atoms with Crippen LogP contribution < -0.4 is 0 Å². The molecule has 13 heavy (non-hydrogen) atoms. The summed E-state index contributed by atoms with van der Waals surface area (Å²) in [6, 6.07) is 0. The van der Waals surface area contributed by atoms with Gasteiger partial charge in [0.15, 0.2) is 0 Å². The third kappa shape index (κ3) is 2.79. The fourth-order valence-electron chi connectivity index (χ4n) is 1.25. The number of nitrogens with zero attached hydrogens (tertiary/aromatic N) is 2. The average Bonchev–Trinajstić information content (AvgIpc) is 2.08. The summed E-state index contributed by atoms with van der Waals surface area (Å²) in [4.78, 5) is 8.36. The van der Waals surface area contributed by atoms with Crippen molar-refractivity contribution in [2.24, 2.45) is 15.9 Å². The molecule has 0 bridgehead atoms. The fourth-order valence-corrected chi connectivity index (χ4v) is 1.25. The largest absolute Gasteiger partial charge is 0.267 e. The second-order valence-corrected chi connectivity index (χ2v) is 3.56. The van der Waals surface area contributed by atoms with Crippen molar-refractivity contribution in [1.29, 1.82) is 0 Å². The molecule has 0 N–H and O–H groups in total. The van der Waals surface area contributed by atoms with Crippen LogP contribution in [-0.4, -0.2) is 12.4 Å². The molecule has 2 heteroatoms. The van der Waals surface area contributed by atoms with Crippen molar-refractivity contribution >= 4 is 12.4 Å². The quantitative estimate of drug-likeness (QED) is 0.591. The second-order valence-electron chi connectivity index (χ2n) is 3.56. The smallest absolute Gasteiger partial charge is 0.0609 e. The maximum atomic E-state index is 4.34. The van der Waals surface area contributed by atoms with Gasteiger partial charge in [0.05, 0.1) is 5.70 Å². The molecule has 1 rings (SSSR count). The Morgan fingerprint density at radius 3 is 2.62 bits per heavy atom. The summed E-state index contributed by atoms with van der Waals surface area (Å²) in [6.07, 6.45) is 6.73. The van der Waals surface area contributed by atoms with E-state index >= 15 is 0 Å². The van der Waals surface area contributed by atoms with E-state index in [0.717, 1.165) is 17.8 Å². The molecule has 0 radical (unpaired) electrons. The monoisotopic (exact) mass is 178 g/mol. The van der Waals surface area contributed by atoms with Crippen molar-refractivity contribution in [3.63, 3.8) is 0 Å². The molecule has 0 spiro atoms. The molecule has 0 aromatic rings. The van der Waals surface area contributed by atoms with E-state index in [4.69, 9.17) is 0 Å². The van der Waals surface area contributed by atoms with Gasteiger partial charge in [0, 0.05) is 17.8 Å². The van der Waals surface area contributed by atoms with Gasteiger partial charge in [-0.3, -0.25) is 9.98 Å². The fraction of sp³-hybridized carbons (Fsp3) is 0.636. The number of rotatable bonds is 4. The summed E-state index contributed by atoms with van der Waals surface area (Å²) in [5, 5.41) is 0. The highest BCUT2D eigenvalue weighted by atomic mass is 14.8. The molecule has 0 heterocycles. The first-order valence-corrected chi connectivity index (χ1v) is 4.98. The molecule has 0 aromatic carbocycles. The predicted molar refractivity (Wildman–Crippen MR) is 58.4 cm³/mol. The van der Waals surface area contributed by atoms with Crippen molar-refractivity contribution in [3.8, 4) is 0 Å². The minimum absolute atomic E-state index is 0.630. The normalized spacial score (nSPS) is 19.8. The maximum absolute atomic E-state index is 4.34. The van der Waals surface area contributed by atoms with Crippen LogP contribution >= 0.6 is 0 Å². The maximum Gasteiger partial charge on any atom is 0.0609 e. The van der Waals surface area contributed by atoms with E-state index in [-0.39, 0.29) is 0 Å². The topological polar surface area (TPSA) is 24.7 Å². The Labute approximate surface area is 80.5 Å². The molecule has 0 amide bonds. The summed E-state index contributed by atoms with van der Waals surface area (Å²) in [6.45, 7) is 7.73. The van der Waals surface area contributed by atoms with E-state index in [1.165, 1.54) is 19.3 Å². The van der Waals surface area contributed by atoms with Crippen LogP contribution in [-0.2, 0) is 0 Å². The average molecular weight is 178 g/mol. The molecular formula is C11H18N2. The van der Waals surface area contributed by atoms with Crippen LogP contribution in [0.1, 0.15) is 39.5 Å². The molecular weight excluding hydrogens is 160 g/mol. The lowest BCUT2D eigenvalue weighted by molar-refractivity contribution is 0.365. The number of allylic oxidation sites excluding steroid dienone is 1. The minimum atomic E-state index is 0.630. The van der Waals surface area contributed by atoms with Crippen LogP contribution in [0.3, 0.4) is 0 Å². The Morgan fingerprint density at radius 1 is 1.54 bits per heavy atom. The van der Waals surface area contributed by atoms with Crippen molar-refractivity contribution < 1.29 is 0 Å². The number of aliphatic imine (C=N–C) groups is 2. The molecule has 1 aliphatic rings. The van der Waals surface area contributed by atoms with Crippen LogP contribution in [0.25, 0.3) is 0 Å². The third-order valence-corrected chi connectivity index (χ3v) is 2.63. The molecule has 0 aliphatic heterocycles. The second kappa shape index (κ2) is 4.95. The van der Waals surface area contributed by atoms with Crippen molar-refractivity contribution in [1.82, 2.24) is 0 Å². The van der Waals surface area contributed by atoms with Gasteiger partial charge < -0.3 is 0 Å². The van der Waals surface area contributed by atoms with Gasteiger partial charge in [-0.2, -0.15) is 0 Å². The van der Waals surface area contributed by atoms with Gasteiger partial charge in [0.2, 0.25) is 0 Å². The highest BCUT2D eigenvalue weighted by Gasteiger charge is 2.20. The van der Waals surface area contributed by atoms with Gasteiger partial charge in [-0.1, -0.05) is 13.3 Å². The molecule has 1 saturated carbocycles. The molecule has 0 saturated heterocycles. The van der Waals surface area contributed by atoms with Gasteiger partial charge in [-0.25, -0.2) is 0 Å². The van der Waals surface area contributed by atoms with Gasteiger partial charge in [0.1, 0.15) is 0 Å². The summed E-state index contributed by atoms with van der Waals surface area (Å²) < 4.78 is 0. The van der Waals surface area contributed by atoms with Gasteiger partial charge in [-0.15, -0.1) is 0 Å². The summed E-state index contributed by atoms with van der Waals surface area (Å²) in [5.41, 5.74) is 2.22. The van der Waals surface area contributed by atoms with Gasteiger partial charge in [0.25, 0.3) is 0 Å². The highest BCUT2D eigenvalue weighted by molar-refractivity contribution is 5.82. The SMILES string of the molecule is C=N/C(=C\N=C(C)CC)C1CCC1. The van der Waals surface area contributed by atoms with E-state index in [0.29, 0.717) is 5.92 Å². The Bertz CT molecular complexity index is 234. The van der Waals surface area contributed by atoms with E-state index in [2.05, 4.69) is 23.6 Å². The third-order valence-electron chi connectivity index (χ3n) is 2.63. The lowest BCUT2D eigenvalue weighted by Gasteiger charge is -2.24. The summed E-state index contributed by atoms with van der Waals surface area (Å²) >= 11 is 0. The zero-order chi connectivity index (χ0) is 9.68. The Kier molecular flexibility index (Phi) is 3.87. The standard InChI is InChI=1S/C11H18N2/c1-4-9(2)13-8-11(12-3)10-6-5-7-10/h8,10H,3-7H2,1-2H3/b11-8-,13-9?. The Hall–Kier alpha value is -0.920. The Morgan fingerprint density at radius 2 is 2.23 bits per heavy atom. The zero-order valence-electron chi connectivity index (χ0n) is 8.58. The first kappa shape index (κ1) is 10.2. The summed E-state index contributed by atoms with van der Waals surface area (Å²) in [5.74, 6) is 0.630. The van der Waals surface area contributed by atoms with Crippen molar-refractivity contribution in [3.05, 3.63) is 11.9 Å². The van der Waals surface area contributed by atoms with Crippen LogP contribution in [0.4, 0.5) is 0 Å².